The molecule has 4 nitrogen and oxygen atoms in total. The molecule has 0 amide bonds. The Bertz CT molecular complexity index is 392. The summed E-state index contributed by atoms with van der Waals surface area (Å²) in [6.45, 7) is 1.51. The molecule has 0 saturated carbocycles. The first-order chi connectivity index (χ1) is 6.93. The predicted molar refractivity (Wildman–Crippen MR) is 52.1 cm³/mol. The van der Waals surface area contributed by atoms with Crippen molar-refractivity contribution in [1.29, 1.82) is 0 Å². The van der Waals surface area contributed by atoms with Crippen LogP contribution in [0.25, 0.3) is 0 Å². The molecule has 0 heterocycles. The van der Waals surface area contributed by atoms with Crippen molar-refractivity contribution < 1.29 is 19.4 Å². The van der Waals surface area contributed by atoms with E-state index in [9.17, 15) is 14.3 Å². The second kappa shape index (κ2) is 4.27. The topological polar surface area (TPSA) is 83.6 Å². The quantitative estimate of drug-likeness (QED) is 0.693. The maximum Gasteiger partial charge on any atom is 0.320 e. The van der Waals surface area contributed by atoms with Crippen LogP contribution in [0.4, 0.5) is 4.39 Å². The Hall–Kier alpha value is -1.62. The highest BCUT2D eigenvalue weighted by Crippen LogP contribution is 2.24. The van der Waals surface area contributed by atoms with E-state index in [-0.39, 0.29) is 12.0 Å². The zero-order chi connectivity index (χ0) is 11.6. The summed E-state index contributed by atoms with van der Waals surface area (Å²) in [6.07, 6.45) is -0.0988. The molecule has 1 aromatic carbocycles. The Labute approximate surface area is 86.1 Å². The Morgan fingerprint density at radius 1 is 1.60 bits per heavy atom. The van der Waals surface area contributed by atoms with Crippen LogP contribution in [0.2, 0.25) is 0 Å². The van der Waals surface area contributed by atoms with Crippen molar-refractivity contribution >= 4 is 5.97 Å². The number of carbonyl (C=O) groups is 1. The standard InChI is InChI=1S/C10H12FNO3/c1-5-2-3-6(9(13)8(5)11)4-7(12)10(14)15/h2-3,7,13H,4,12H2,1H3,(H,14,15). The maximum absolute atomic E-state index is 13.2. The molecule has 1 rings (SSSR count). The van der Waals surface area contributed by atoms with E-state index in [4.69, 9.17) is 10.8 Å². The summed E-state index contributed by atoms with van der Waals surface area (Å²) in [7, 11) is 0. The third-order valence-corrected chi connectivity index (χ3v) is 2.15. The molecule has 0 aromatic heterocycles. The summed E-state index contributed by atoms with van der Waals surface area (Å²) in [4.78, 5) is 10.5. The number of aliphatic carboxylic acids is 1. The van der Waals surface area contributed by atoms with Crippen LogP contribution in [0.3, 0.4) is 0 Å². The lowest BCUT2D eigenvalue weighted by Gasteiger charge is -2.09. The minimum atomic E-state index is -1.18. The molecule has 0 saturated heterocycles. The smallest absolute Gasteiger partial charge is 0.320 e. The fraction of sp³-hybridized carbons (Fsp3) is 0.300. The third kappa shape index (κ3) is 2.44. The number of nitrogens with two attached hydrogens (primary N) is 1. The summed E-state index contributed by atoms with van der Waals surface area (Å²) in [6, 6.07) is 1.80. The van der Waals surface area contributed by atoms with Gasteiger partial charge in [0.05, 0.1) is 0 Å². The molecular formula is C10H12FNO3. The number of hydrogen-bond donors (Lipinski definition) is 3. The Kier molecular flexibility index (Phi) is 3.26. The van der Waals surface area contributed by atoms with Gasteiger partial charge < -0.3 is 15.9 Å². The number of aryl methyl sites for hydroxylation is 1. The summed E-state index contributed by atoms with van der Waals surface area (Å²) >= 11 is 0. The molecule has 1 unspecified atom stereocenters. The van der Waals surface area contributed by atoms with Crippen LogP contribution in [0.5, 0.6) is 5.75 Å². The monoisotopic (exact) mass is 213 g/mol. The van der Waals surface area contributed by atoms with Crippen molar-refractivity contribution in [3.63, 3.8) is 0 Å². The lowest BCUT2D eigenvalue weighted by molar-refractivity contribution is -0.138. The van der Waals surface area contributed by atoms with Crippen molar-refractivity contribution in [3.8, 4) is 5.75 Å². The van der Waals surface area contributed by atoms with Crippen molar-refractivity contribution in [2.75, 3.05) is 0 Å². The molecule has 0 radical (unpaired) electrons. The molecule has 1 atom stereocenters. The lowest BCUT2D eigenvalue weighted by atomic mass is 10.0. The highest BCUT2D eigenvalue weighted by molar-refractivity contribution is 5.73. The van der Waals surface area contributed by atoms with Gasteiger partial charge in [0, 0.05) is 6.42 Å². The molecule has 0 aliphatic rings. The molecule has 0 fully saturated rings. The molecule has 4 N–H and O–H groups in total. The minimum Gasteiger partial charge on any atom is -0.505 e. The van der Waals surface area contributed by atoms with Gasteiger partial charge in [-0.25, -0.2) is 4.39 Å². The number of carboxylic acids is 1. The summed E-state index contributed by atoms with van der Waals surface area (Å²) in [5.74, 6) is -2.44. The van der Waals surface area contributed by atoms with Crippen molar-refractivity contribution in [2.45, 2.75) is 19.4 Å². The lowest BCUT2D eigenvalue weighted by Crippen LogP contribution is -2.32. The van der Waals surface area contributed by atoms with E-state index in [1.165, 1.54) is 19.1 Å². The normalized spacial score (nSPS) is 12.5. The van der Waals surface area contributed by atoms with Gasteiger partial charge >= 0.3 is 5.97 Å². The van der Waals surface area contributed by atoms with E-state index in [1.54, 1.807) is 0 Å². The summed E-state index contributed by atoms with van der Waals surface area (Å²) < 4.78 is 13.2. The minimum absolute atomic E-state index is 0.0988. The number of aromatic hydroxyl groups is 1. The first-order valence-corrected chi connectivity index (χ1v) is 4.38. The van der Waals surface area contributed by atoms with Gasteiger partial charge in [-0.15, -0.1) is 0 Å². The van der Waals surface area contributed by atoms with E-state index in [0.717, 1.165) is 0 Å². The van der Waals surface area contributed by atoms with Gasteiger partial charge in [0.15, 0.2) is 11.6 Å². The van der Waals surface area contributed by atoms with E-state index >= 15 is 0 Å². The molecule has 15 heavy (non-hydrogen) atoms. The molecule has 0 spiro atoms. The summed E-state index contributed by atoms with van der Waals surface area (Å²) in [5.41, 5.74) is 5.78. The van der Waals surface area contributed by atoms with Gasteiger partial charge in [-0.3, -0.25) is 4.79 Å². The highest BCUT2D eigenvalue weighted by Gasteiger charge is 2.17. The van der Waals surface area contributed by atoms with Crippen LogP contribution in [-0.2, 0) is 11.2 Å². The van der Waals surface area contributed by atoms with Crippen LogP contribution >= 0.6 is 0 Å². The molecule has 0 aliphatic carbocycles. The van der Waals surface area contributed by atoms with Gasteiger partial charge in [-0.1, -0.05) is 12.1 Å². The average molecular weight is 213 g/mol. The van der Waals surface area contributed by atoms with Gasteiger partial charge in [-0.05, 0) is 18.1 Å². The van der Waals surface area contributed by atoms with Crippen LogP contribution < -0.4 is 5.73 Å². The second-order valence-corrected chi connectivity index (χ2v) is 3.35. The van der Waals surface area contributed by atoms with E-state index < -0.39 is 23.6 Å². The molecule has 1 aromatic rings. The summed E-state index contributed by atoms with van der Waals surface area (Å²) in [5, 5.41) is 17.9. The number of benzene rings is 1. The number of hydrogen-bond acceptors (Lipinski definition) is 3. The Balaban J connectivity index is 2.97. The number of carboxylic acid groups (broad SMARTS) is 1. The second-order valence-electron chi connectivity index (χ2n) is 3.35. The average Bonchev–Trinajstić information content (AvgIpc) is 2.18. The number of rotatable bonds is 3. The van der Waals surface area contributed by atoms with Crippen LogP contribution in [0, 0.1) is 12.7 Å². The van der Waals surface area contributed by atoms with Gasteiger partial charge in [0.25, 0.3) is 0 Å². The van der Waals surface area contributed by atoms with Crippen molar-refractivity contribution in [2.24, 2.45) is 5.73 Å². The third-order valence-electron chi connectivity index (χ3n) is 2.15. The molecule has 82 valence electrons. The van der Waals surface area contributed by atoms with Crippen molar-refractivity contribution in [1.82, 2.24) is 0 Å². The zero-order valence-electron chi connectivity index (χ0n) is 8.20. The van der Waals surface area contributed by atoms with Crippen LogP contribution in [-0.4, -0.2) is 22.2 Å². The SMILES string of the molecule is Cc1ccc(CC(N)C(=O)O)c(O)c1F. The van der Waals surface area contributed by atoms with Crippen LogP contribution in [0.15, 0.2) is 12.1 Å². The number of halogens is 1. The van der Waals surface area contributed by atoms with Gasteiger partial charge in [-0.2, -0.15) is 0 Å². The van der Waals surface area contributed by atoms with E-state index in [0.29, 0.717) is 5.56 Å². The van der Waals surface area contributed by atoms with Gasteiger partial charge in [0.2, 0.25) is 0 Å². The Morgan fingerprint density at radius 3 is 2.73 bits per heavy atom. The highest BCUT2D eigenvalue weighted by atomic mass is 19.1. The molecule has 0 bridgehead atoms. The van der Waals surface area contributed by atoms with E-state index in [2.05, 4.69) is 0 Å². The van der Waals surface area contributed by atoms with Crippen molar-refractivity contribution in [3.05, 3.63) is 29.1 Å². The molecule has 0 aliphatic heterocycles. The first kappa shape index (κ1) is 11.5. The van der Waals surface area contributed by atoms with Gasteiger partial charge in [0.1, 0.15) is 6.04 Å². The largest absolute Gasteiger partial charge is 0.505 e. The first-order valence-electron chi connectivity index (χ1n) is 4.38. The van der Waals surface area contributed by atoms with Crippen LogP contribution in [0.1, 0.15) is 11.1 Å². The fourth-order valence-electron chi connectivity index (χ4n) is 1.19. The zero-order valence-corrected chi connectivity index (χ0v) is 8.20. The maximum atomic E-state index is 13.2. The molecular weight excluding hydrogens is 201 g/mol. The predicted octanol–water partition coefficient (Wildman–Crippen LogP) is 0.794. The molecule has 5 heteroatoms. The number of phenols is 1. The fourth-order valence-corrected chi connectivity index (χ4v) is 1.19. The Morgan fingerprint density at radius 2 is 2.20 bits per heavy atom. The number of phenolic OH excluding ortho intramolecular Hbond substituents is 1. The van der Waals surface area contributed by atoms with E-state index in [1.807, 2.05) is 0 Å².